The first-order valence-electron chi connectivity index (χ1n) is 16.8. The van der Waals surface area contributed by atoms with E-state index in [0.29, 0.717) is 13.2 Å². The molecule has 0 saturated carbocycles. The summed E-state index contributed by atoms with van der Waals surface area (Å²) < 4.78 is 8.29. The molecule has 42 heavy (non-hydrogen) atoms. The van der Waals surface area contributed by atoms with Gasteiger partial charge in [-0.05, 0) is 114 Å². The summed E-state index contributed by atoms with van der Waals surface area (Å²) in [5, 5.41) is 13.7. The van der Waals surface area contributed by atoms with E-state index < -0.39 is 5.60 Å². The van der Waals surface area contributed by atoms with Crippen molar-refractivity contribution in [2.75, 3.05) is 32.8 Å². The molecule has 238 valence electrons. The highest BCUT2D eigenvalue weighted by Crippen LogP contribution is 2.41. The van der Waals surface area contributed by atoms with Crippen molar-refractivity contribution in [3.8, 4) is 5.75 Å². The van der Waals surface area contributed by atoms with Gasteiger partial charge in [0.25, 0.3) is 5.91 Å². The van der Waals surface area contributed by atoms with Crippen molar-refractivity contribution in [1.82, 2.24) is 14.8 Å². The largest absolute Gasteiger partial charge is 0.493 e. The molecule has 6 heteroatoms. The van der Waals surface area contributed by atoms with Crippen LogP contribution < -0.4 is 10.1 Å². The molecular weight excluding hydrogens is 522 g/mol. The molecule has 2 rings (SSSR count). The maximum Gasteiger partial charge on any atom is 0.267 e. The Morgan fingerprint density at radius 2 is 1.60 bits per heavy atom. The van der Waals surface area contributed by atoms with Crippen LogP contribution in [-0.4, -0.2) is 58.9 Å². The molecular formula is C36H61N3O3. The zero-order chi connectivity index (χ0) is 31.2. The van der Waals surface area contributed by atoms with Crippen molar-refractivity contribution in [2.24, 2.45) is 0 Å². The van der Waals surface area contributed by atoms with Gasteiger partial charge >= 0.3 is 0 Å². The molecule has 2 N–H and O–H groups in total. The van der Waals surface area contributed by atoms with Crippen LogP contribution >= 0.6 is 0 Å². The Morgan fingerprint density at radius 3 is 2.17 bits per heavy atom. The van der Waals surface area contributed by atoms with E-state index in [0.717, 1.165) is 101 Å². The van der Waals surface area contributed by atoms with Gasteiger partial charge in [-0.2, -0.15) is 0 Å². The van der Waals surface area contributed by atoms with Crippen LogP contribution in [0.25, 0.3) is 0 Å². The zero-order valence-corrected chi connectivity index (χ0v) is 28.2. The maximum atomic E-state index is 13.2. The highest BCUT2D eigenvalue weighted by atomic mass is 16.5. The number of ether oxygens (including phenoxy) is 1. The quantitative estimate of drug-likeness (QED) is 0.147. The van der Waals surface area contributed by atoms with E-state index in [4.69, 9.17) is 4.74 Å². The van der Waals surface area contributed by atoms with Crippen LogP contribution in [0.5, 0.6) is 5.75 Å². The number of hydrogen-bond acceptors (Lipinski definition) is 4. The van der Waals surface area contributed by atoms with E-state index in [1.807, 2.05) is 0 Å². The van der Waals surface area contributed by atoms with Gasteiger partial charge in [0, 0.05) is 24.7 Å². The van der Waals surface area contributed by atoms with Crippen molar-refractivity contribution < 1.29 is 14.6 Å². The van der Waals surface area contributed by atoms with Gasteiger partial charge in [0.15, 0.2) is 0 Å². The summed E-state index contributed by atoms with van der Waals surface area (Å²) in [5.41, 5.74) is 3.69. The number of aromatic nitrogens is 1. The summed E-state index contributed by atoms with van der Waals surface area (Å²) in [5.74, 6) is 0.951. The number of unbranched alkanes of at least 4 members (excludes halogenated alkanes) is 2. The van der Waals surface area contributed by atoms with Gasteiger partial charge in [-0.25, -0.2) is 0 Å². The van der Waals surface area contributed by atoms with Crippen LogP contribution in [0.1, 0.15) is 133 Å². The molecule has 0 aliphatic heterocycles. The van der Waals surface area contributed by atoms with Gasteiger partial charge in [-0.15, -0.1) is 0 Å². The van der Waals surface area contributed by atoms with Crippen molar-refractivity contribution in [1.29, 1.82) is 0 Å². The number of carbonyl (C=O) groups excluding carboxylic acids is 1. The number of amides is 1. The predicted octanol–water partition coefficient (Wildman–Crippen LogP) is 7.87. The minimum atomic E-state index is -0.508. The number of aliphatic hydroxyl groups is 1. The molecule has 0 aliphatic rings. The fraction of sp³-hybridized carbons (Fsp3) is 0.694. The fourth-order valence-corrected chi connectivity index (χ4v) is 6.22. The molecule has 0 saturated heterocycles. The summed E-state index contributed by atoms with van der Waals surface area (Å²) in [6.07, 6.45) is 10.6. The van der Waals surface area contributed by atoms with Crippen molar-refractivity contribution in [3.63, 3.8) is 0 Å². The lowest BCUT2D eigenvalue weighted by Crippen LogP contribution is -2.30. The van der Waals surface area contributed by atoms with Crippen molar-refractivity contribution >= 4 is 5.91 Å². The lowest BCUT2D eigenvalue weighted by Gasteiger charge is -2.32. The van der Waals surface area contributed by atoms with E-state index in [1.54, 1.807) is 0 Å². The second-order valence-corrected chi connectivity index (χ2v) is 11.9. The Bertz CT molecular complexity index is 1060. The van der Waals surface area contributed by atoms with Crippen LogP contribution in [0.4, 0.5) is 0 Å². The molecule has 0 spiro atoms. The smallest absolute Gasteiger partial charge is 0.267 e. The van der Waals surface area contributed by atoms with Gasteiger partial charge in [-0.1, -0.05) is 60.1 Å². The monoisotopic (exact) mass is 583 g/mol. The van der Waals surface area contributed by atoms with Gasteiger partial charge in [-0.3, -0.25) is 4.79 Å². The van der Waals surface area contributed by atoms with Gasteiger partial charge < -0.3 is 24.6 Å². The third-order valence-electron chi connectivity index (χ3n) is 9.65. The standard InChI is InChI=1S/C36H61N3O3/c1-9-35(41,10-2)22-17-16-18-25-42-33-21-20-30(26-29(33)8)36(11-3,12-4)31-27-32(39(15-7)28-31)34(40)37-23-19-24-38(13-5)14-6/h20-21,26-28,41H,9-19,22-25H2,1-8H3,(H,37,40). The SMILES string of the molecule is CCN(CC)CCCNC(=O)c1cc(C(CC)(CC)c2ccc(OCCCCCC(O)(CC)CC)c(C)c2)cn1CC. The van der Waals surface area contributed by atoms with Crippen molar-refractivity contribution in [3.05, 3.63) is 52.8 Å². The number of benzene rings is 1. The molecule has 0 fully saturated rings. The number of carbonyl (C=O) groups is 1. The number of nitrogens with one attached hydrogen (secondary N) is 1. The number of rotatable bonds is 21. The third kappa shape index (κ3) is 9.34. The number of aryl methyl sites for hydroxylation is 2. The molecule has 2 aromatic rings. The van der Waals surface area contributed by atoms with Crippen LogP contribution in [0.2, 0.25) is 0 Å². The van der Waals surface area contributed by atoms with Crippen LogP contribution in [0.15, 0.2) is 30.5 Å². The lowest BCUT2D eigenvalue weighted by atomic mass is 9.71. The summed E-state index contributed by atoms with van der Waals surface area (Å²) >= 11 is 0. The lowest BCUT2D eigenvalue weighted by molar-refractivity contribution is 0.0209. The van der Waals surface area contributed by atoms with Gasteiger partial charge in [0.2, 0.25) is 0 Å². The van der Waals surface area contributed by atoms with E-state index >= 15 is 0 Å². The highest BCUT2D eigenvalue weighted by molar-refractivity contribution is 5.93. The number of hydrogen-bond donors (Lipinski definition) is 2. The molecule has 6 nitrogen and oxygen atoms in total. The molecule has 1 aromatic heterocycles. The molecule has 1 amide bonds. The van der Waals surface area contributed by atoms with Crippen molar-refractivity contribution in [2.45, 2.75) is 131 Å². The second kappa shape index (κ2) is 17.7. The van der Waals surface area contributed by atoms with Crippen LogP contribution in [0.3, 0.4) is 0 Å². The third-order valence-corrected chi connectivity index (χ3v) is 9.65. The predicted molar refractivity (Wildman–Crippen MR) is 177 cm³/mol. The minimum Gasteiger partial charge on any atom is -0.493 e. The molecule has 0 atom stereocenters. The molecule has 0 aliphatic carbocycles. The normalized spacial score (nSPS) is 12.2. The molecule has 0 radical (unpaired) electrons. The minimum absolute atomic E-state index is 0.0118. The van der Waals surface area contributed by atoms with Gasteiger partial charge in [0.1, 0.15) is 11.4 Å². The topological polar surface area (TPSA) is 66.7 Å². The van der Waals surface area contributed by atoms with Crippen LogP contribution in [-0.2, 0) is 12.0 Å². The average molecular weight is 584 g/mol. The maximum absolute atomic E-state index is 13.2. The van der Waals surface area contributed by atoms with Crippen LogP contribution in [0, 0.1) is 6.92 Å². The first-order chi connectivity index (χ1) is 20.2. The summed E-state index contributed by atoms with van der Waals surface area (Å²) in [4.78, 5) is 15.6. The molecule has 0 unspecified atom stereocenters. The Hall–Kier alpha value is -2.31. The summed E-state index contributed by atoms with van der Waals surface area (Å²) in [6, 6.07) is 8.74. The average Bonchev–Trinajstić information content (AvgIpc) is 3.45. The Labute approximate surface area is 257 Å². The summed E-state index contributed by atoms with van der Waals surface area (Å²) in [6.45, 7) is 22.4. The molecule has 1 heterocycles. The highest BCUT2D eigenvalue weighted by Gasteiger charge is 2.33. The Morgan fingerprint density at radius 1 is 0.905 bits per heavy atom. The number of nitrogens with zero attached hydrogens (tertiary/aromatic N) is 2. The van der Waals surface area contributed by atoms with E-state index in [1.165, 1.54) is 11.1 Å². The molecule has 0 bridgehead atoms. The zero-order valence-electron chi connectivity index (χ0n) is 28.2. The fourth-order valence-electron chi connectivity index (χ4n) is 6.22. The van der Waals surface area contributed by atoms with E-state index in [2.05, 4.69) is 101 Å². The molecule has 1 aromatic carbocycles. The Balaban J connectivity index is 2.10. The summed E-state index contributed by atoms with van der Waals surface area (Å²) in [7, 11) is 0. The van der Waals surface area contributed by atoms with Gasteiger partial charge in [0.05, 0.1) is 12.2 Å². The van der Waals surface area contributed by atoms with E-state index in [-0.39, 0.29) is 11.3 Å². The first-order valence-corrected chi connectivity index (χ1v) is 16.8. The van der Waals surface area contributed by atoms with E-state index in [9.17, 15) is 9.90 Å². The Kier molecular flexibility index (Phi) is 15.1. The second-order valence-electron chi connectivity index (χ2n) is 11.9. The first kappa shape index (κ1) is 35.9.